The number of amides is 3. The second kappa shape index (κ2) is 6.70. The van der Waals surface area contributed by atoms with Crippen LogP contribution in [0.4, 0.5) is 5.69 Å². The fourth-order valence-electron chi connectivity index (χ4n) is 3.76. The third-order valence-corrected chi connectivity index (χ3v) is 4.99. The Morgan fingerprint density at radius 3 is 2.58 bits per heavy atom. The molecule has 2 aliphatic rings. The molecule has 0 radical (unpaired) electrons. The fraction of sp³-hybridized carbons (Fsp3) is 0.389. The maximum absolute atomic E-state index is 12.4. The number of fused-ring (bicyclic) bond motifs is 1. The minimum absolute atomic E-state index is 0.213. The summed E-state index contributed by atoms with van der Waals surface area (Å²) in [7, 11) is 0. The quantitative estimate of drug-likeness (QED) is 0.840. The summed E-state index contributed by atoms with van der Waals surface area (Å²) in [5.41, 5.74) is 1.20. The molecule has 1 saturated carbocycles. The largest absolute Gasteiger partial charge is 0.423 e. The summed E-state index contributed by atoms with van der Waals surface area (Å²) in [5, 5.41) is 10.2. The van der Waals surface area contributed by atoms with E-state index >= 15 is 0 Å². The van der Waals surface area contributed by atoms with Crippen LogP contribution in [0.25, 0.3) is 11.5 Å². The van der Waals surface area contributed by atoms with E-state index in [-0.39, 0.29) is 30.2 Å². The van der Waals surface area contributed by atoms with Crippen LogP contribution >= 0.6 is 0 Å². The van der Waals surface area contributed by atoms with Crippen LogP contribution in [-0.2, 0) is 14.4 Å². The third kappa shape index (κ3) is 2.98. The number of hydrogen-bond acceptors (Lipinski definition) is 6. The predicted octanol–water partition coefficient (Wildman–Crippen LogP) is 1.85. The van der Waals surface area contributed by atoms with E-state index in [1.54, 1.807) is 24.3 Å². The Bertz CT molecular complexity index is 825. The van der Waals surface area contributed by atoms with Crippen LogP contribution in [0.15, 0.2) is 35.1 Å². The Morgan fingerprint density at radius 1 is 1.19 bits per heavy atom. The number of likely N-dealkylation sites (tertiary alicyclic amines) is 1. The Kier molecular flexibility index (Phi) is 4.24. The number of carbonyl (C=O) groups is 3. The molecule has 1 saturated heterocycles. The summed E-state index contributed by atoms with van der Waals surface area (Å²) in [6.45, 7) is -0.255. The summed E-state index contributed by atoms with van der Waals surface area (Å²) in [6.07, 6.45) is 4.62. The highest BCUT2D eigenvalue weighted by atomic mass is 16.4. The van der Waals surface area contributed by atoms with E-state index in [0.29, 0.717) is 17.1 Å². The number of imide groups is 1. The second-order valence-corrected chi connectivity index (χ2v) is 6.63. The van der Waals surface area contributed by atoms with Gasteiger partial charge in [0, 0.05) is 11.3 Å². The molecule has 1 aliphatic heterocycles. The van der Waals surface area contributed by atoms with E-state index in [1.165, 1.54) is 6.39 Å². The molecule has 8 nitrogen and oxygen atoms in total. The van der Waals surface area contributed by atoms with Gasteiger partial charge in [0.15, 0.2) is 0 Å². The second-order valence-electron chi connectivity index (χ2n) is 6.63. The first-order valence-electron chi connectivity index (χ1n) is 8.65. The summed E-state index contributed by atoms with van der Waals surface area (Å²) < 4.78 is 5.14. The molecule has 0 bridgehead atoms. The van der Waals surface area contributed by atoms with Gasteiger partial charge in [-0.1, -0.05) is 18.9 Å². The summed E-state index contributed by atoms with van der Waals surface area (Å²) in [4.78, 5) is 38.4. The normalized spacial score (nSPS) is 22.4. The van der Waals surface area contributed by atoms with Crippen LogP contribution in [0, 0.1) is 11.8 Å². The monoisotopic (exact) mass is 354 g/mol. The Morgan fingerprint density at radius 2 is 1.92 bits per heavy atom. The molecule has 0 spiro atoms. The Hall–Kier alpha value is -3.03. The van der Waals surface area contributed by atoms with Crippen molar-refractivity contribution in [1.82, 2.24) is 15.1 Å². The van der Waals surface area contributed by atoms with Crippen LogP contribution < -0.4 is 5.32 Å². The van der Waals surface area contributed by atoms with Crippen molar-refractivity contribution in [1.29, 1.82) is 0 Å². The molecule has 2 fully saturated rings. The van der Waals surface area contributed by atoms with Crippen molar-refractivity contribution in [3.8, 4) is 11.5 Å². The molecule has 2 heterocycles. The molecule has 4 rings (SSSR count). The van der Waals surface area contributed by atoms with Gasteiger partial charge >= 0.3 is 0 Å². The maximum Gasteiger partial charge on any atom is 0.247 e. The molecular weight excluding hydrogens is 336 g/mol. The van der Waals surface area contributed by atoms with E-state index < -0.39 is 5.91 Å². The average Bonchev–Trinajstić information content (AvgIpc) is 3.26. The highest BCUT2D eigenvalue weighted by molar-refractivity contribution is 6.08. The zero-order valence-electron chi connectivity index (χ0n) is 14.1. The molecule has 1 aromatic heterocycles. The topological polar surface area (TPSA) is 105 Å². The Balaban J connectivity index is 1.44. The van der Waals surface area contributed by atoms with Gasteiger partial charge in [-0.2, -0.15) is 0 Å². The van der Waals surface area contributed by atoms with Gasteiger partial charge in [0.1, 0.15) is 6.54 Å². The zero-order chi connectivity index (χ0) is 18.1. The van der Waals surface area contributed by atoms with Gasteiger partial charge in [-0.25, -0.2) is 0 Å². The maximum atomic E-state index is 12.4. The molecule has 2 unspecified atom stereocenters. The van der Waals surface area contributed by atoms with Gasteiger partial charge in [0.2, 0.25) is 30.0 Å². The minimum atomic E-state index is -0.409. The van der Waals surface area contributed by atoms with Gasteiger partial charge < -0.3 is 9.73 Å². The van der Waals surface area contributed by atoms with Crippen LogP contribution in [-0.4, -0.2) is 39.4 Å². The lowest BCUT2D eigenvalue weighted by atomic mass is 9.81. The van der Waals surface area contributed by atoms with E-state index in [0.717, 1.165) is 30.6 Å². The zero-order valence-corrected chi connectivity index (χ0v) is 14.1. The number of nitrogens with zero attached hydrogens (tertiary/aromatic N) is 3. The summed E-state index contributed by atoms with van der Waals surface area (Å²) in [6, 6.07) is 6.93. The standard InChI is InChI=1S/C18H18N4O4/c23-15(9-22-17(24)13-6-1-2-7-14(13)18(22)25)20-12-5-3-4-11(8-12)16-21-19-10-26-16/h3-5,8,10,13-14H,1-2,6-7,9H2,(H,20,23). The van der Waals surface area contributed by atoms with Crippen molar-refractivity contribution in [3.05, 3.63) is 30.7 Å². The van der Waals surface area contributed by atoms with Crippen LogP contribution in [0.2, 0.25) is 0 Å². The number of nitrogens with one attached hydrogen (secondary N) is 1. The number of anilines is 1. The average molecular weight is 354 g/mol. The number of aromatic nitrogens is 2. The summed E-state index contributed by atoms with van der Waals surface area (Å²) in [5.74, 6) is -0.984. The van der Waals surface area contributed by atoms with Gasteiger partial charge in [0.25, 0.3) is 0 Å². The first-order chi connectivity index (χ1) is 12.6. The van der Waals surface area contributed by atoms with E-state index in [4.69, 9.17) is 4.42 Å². The highest BCUT2D eigenvalue weighted by Crippen LogP contribution is 2.37. The molecule has 1 aromatic carbocycles. The molecule has 134 valence electrons. The van der Waals surface area contributed by atoms with E-state index in [1.807, 2.05) is 0 Å². The molecule has 1 aliphatic carbocycles. The highest BCUT2D eigenvalue weighted by Gasteiger charge is 2.48. The fourth-order valence-corrected chi connectivity index (χ4v) is 3.76. The van der Waals surface area contributed by atoms with Crippen LogP contribution in [0.5, 0.6) is 0 Å². The van der Waals surface area contributed by atoms with Crippen molar-refractivity contribution < 1.29 is 18.8 Å². The number of hydrogen-bond donors (Lipinski definition) is 1. The van der Waals surface area contributed by atoms with Crippen LogP contribution in [0.1, 0.15) is 25.7 Å². The lowest BCUT2D eigenvalue weighted by Gasteiger charge is -2.19. The molecule has 1 N–H and O–H groups in total. The van der Waals surface area contributed by atoms with Crippen LogP contribution in [0.3, 0.4) is 0 Å². The number of carbonyl (C=O) groups excluding carboxylic acids is 3. The predicted molar refractivity (Wildman–Crippen MR) is 90.5 cm³/mol. The van der Waals surface area contributed by atoms with Gasteiger partial charge in [-0.15, -0.1) is 10.2 Å². The van der Waals surface area contributed by atoms with Gasteiger partial charge in [-0.05, 0) is 31.0 Å². The molecular formula is C18H18N4O4. The molecule has 2 aromatic rings. The minimum Gasteiger partial charge on any atom is -0.423 e. The third-order valence-electron chi connectivity index (χ3n) is 4.99. The molecule has 26 heavy (non-hydrogen) atoms. The number of benzene rings is 1. The van der Waals surface area contributed by atoms with Crippen molar-refractivity contribution >= 4 is 23.4 Å². The first-order valence-corrected chi connectivity index (χ1v) is 8.65. The first kappa shape index (κ1) is 16.4. The van der Waals surface area contributed by atoms with E-state index in [2.05, 4.69) is 15.5 Å². The summed E-state index contributed by atoms with van der Waals surface area (Å²) >= 11 is 0. The van der Waals surface area contributed by atoms with Crippen molar-refractivity contribution in [2.75, 3.05) is 11.9 Å². The Labute approximate surface area is 149 Å². The van der Waals surface area contributed by atoms with E-state index in [9.17, 15) is 14.4 Å². The van der Waals surface area contributed by atoms with Crippen molar-refractivity contribution in [3.63, 3.8) is 0 Å². The van der Waals surface area contributed by atoms with Crippen molar-refractivity contribution in [2.45, 2.75) is 25.7 Å². The molecule has 8 heteroatoms. The lowest BCUT2D eigenvalue weighted by molar-refractivity contribution is -0.142. The molecule has 3 amide bonds. The SMILES string of the molecule is O=C(CN1C(=O)C2CCCCC2C1=O)Nc1cccc(-c2nnco2)c1. The smallest absolute Gasteiger partial charge is 0.247 e. The molecule has 2 atom stereocenters. The lowest BCUT2D eigenvalue weighted by Crippen LogP contribution is -2.38. The number of rotatable bonds is 4. The van der Waals surface area contributed by atoms with Crippen molar-refractivity contribution in [2.24, 2.45) is 11.8 Å². The van der Waals surface area contributed by atoms with Gasteiger partial charge in [-0.3, -0.25) is 19.3 Å². The van der Waals surface area contributed by atoms with Gasteiger partial charge in [0.05, 0.1) is 11.8 Å².